The molecule has 0 bridgehead atoms. The Balaban J connectivity index is 2.30. The minimum atomic E-state index is 0.0719. The van der Waals surface area contributed by atoms with Crippen LogP contribution in [0, 0.1) is 5.92 Å². The van der Waals surface area contributed by atoms with Gasteiger partial charge in [0.2, 0.25) is 0 Å². The molecule has 0 aromatic carbocycles. The molecule has 0 heterocycles. The Hall–Kier alpha value is -0.530. The van der Waals surface area contributed by atoms with Gasteiger partial charge in [0.15, 0.2) is 0 Å². The first-order chi connectivity index (χ1) is 8.84. The SMILES string of the molecule is CCCCOC(=O)C1CCCCCCCCCC1. The fraction of sp³-hybridized carbons (Fsp3) is 0.938. The Morgan fingerprint density at radius 1 is 0.944 bits per heavy atom. The molecule has 1 saturated carbocycles. The molecule has 2 heteroatoms. The molecule has 0 saturated heterocycles. The molecule has 0 N–H and O–H groups in total. The predicted molar refractivity (Wildman–Crippen MR) is 75.5 cm³/mol. The predicted octanol–water partition coefficient (Wildman–Crippen LogP) is 4.86. The van der Waals surface area contributed by atoms with Gasteiger partial charge >= 0.3 is 5.97 Å². The van der Waals surface area contributed by atoms with Crippen LogP contribution in [0.15, 0.2) is 0 Å². The van der Waals surface area contributed by atoms with Crippen molar-refractivity contribution in [1.82, 2.24) is 0 Å². The number of hydrogen-bond acceptors (Lipinski definition) is 2. The largest absolute Gasteiger partial charge is 0.465 e. The van der Waals surface area contributed by atoms with E-state index in [4.69, 9.17) is 4.74 Å². The zero-order valence-electron chi connectivity index (χ0n) is 12.1. The van der Waals surface area contributed by atoms with Gasteiger partial charge in [0.1, 0.15) is 0 Å². The lowest BCUT2D eigenvalue weighted by Gasteiger charge is -2.15. The van der Waals surface area contributed by atoms with E-state index in [1.165, 1.54) is 51.4 Å². The van der Waals surface area contributed by atoms with Crippen LogP contribution >= 0.6 is 0 Å². The molecule has 1 aliphatic carbocycles. The molecule has 0 aromatic heterocycles. The third-order valence-electron chi connectivity index (χ3n) is 3.93. The smallest absolute Gasteiger partial charge is 0.308 e. The summed E-state index contributed by atoms with van der Waals surface area (Å²) in [6.07, 6.45) is 14.6. The van der Waals surface area contributed by atoms with Crippen LogP contribution in [-0.2, 0) is 9.53 Å². The van der Waals surface area contributed by atoms with E-state index in [1.54, 1.807) is 0 Å². The zero-order valence-corrected chi connectivity index (χ0v) is 12.1. The Morgan fingerprint density at radius 2 is 1.44 bits per heavy atom. The molecular weight excluding hydrogens is 224 g/mol. The van der Waals surface area contributed by atoms with Crippen LogP contribution in [0.2, 0.25) is 0 Å². The minimum absolute atomic E-state index is 0.0719. The molecule has 1 rings (SSSR count). The second-order valence-electron chi connectivity index (χ2n) is 5.62. The maximum absolute atomic E-state index is 12.0. The Morgan fingerprint density at radius 3 is 1.94 bits per heavy atom. The molecule has 0 spiro atoms. The first-order valence-corrected chi connectivity index (χ1v) is 8.01. The Kier molecular flexibility index (Phi) is 8.97. The zero-order chi connectivity index (χ0) is 13.1. The van der Waals surface area contributed by atoms with E-state index in [1.807, 2.05) is 0 Å². The number of carbonyl (C=O) groups excluding carboxylic acids is 1. The molecule has 0 radical (unpaired) electrons. The molecule has 0 aliphatic heterocycles. The maximum atomic E-state index is 12.0. The summed E-state index contributed by atoms with van der Waals surface area (Å²) in [7, 11) is 0. The molecule has 1 aliphatic rings. The second kappa shape index (κ2) is 10.4. The van der Waals surface area contributed by atoms with Crippen LogP contribution in [0.25, 0.3) is 0 Å². The van der Waals surface area contributed by atoms with E-state index in [9.17, 15) is 4.79 Å². The molecule has 0 unspecified atom stereocenters. The fourth-order valence-electron chi connectivity index (χ4n) is 2.66. The first-order valence-electron chi connectivity index (χ1n) is 8.01. The van der Waals surface area contributed by atoms with Crippen LogP contribution in [0.3, 0.4) is 0 Å². The van der Waals surface area contributed by atoms with Crippen molar-refractivity contribution in [2.45, 2.75) is 84.0 Å². The van der Waals surface area contributed by atoms with Gasteiger partial charge in [0, 0.05) is 0 Å². The van der Waals surface area contributed by atoms with Gasteiger partial charge < -0.3 is 4.74 Å². The lowest BCUT2D eigenvalue weighted by atomic mass is 9.95. The monoisotopic (exact) mass is 254 g/mol. The van der Waals surface area contributed by atoms with Gasteiger partial charge in [-0.25, -0.2) is 0 Å². The fourth-order valence-corrected chi connectivity index (χ4v) is 2.66. The lowest BCUT2D eigenvalue weighted by Crippen LogP contribution is -2.18. The number of esters is 1. The first kappa shape index (κ1) is 15.5. The summed E-state index contributed by atoms with van der Waals surface area (Å²) in [5.41, 5.74) is 0. The van der Waals surface area contributed by atoms with Crippen LogP contribution < -0.4 is 0 Å². The molecule has 18 heavy (non-hydrogen) atoms. The van der Waals surface area contributed by atoms with Crippen LogP contribution in [0.1, 0.15) is 84.0 Å². The van der Waals surface area contributed by atoms with Gasteiger partial charge in [-0.05, 0) is 19.3 Å². The highest BCUT2D eigenvalue weighted by Gasteiger charge is 2.19. The summed E-state index contributed by atoms with van der Waals surface area (Å²) in [4.78, 5) is 12.0. The van der Waals surface area contributed by atoms with Crippen molar-refractivity contribution in [2.24, 2.45) is 5.92 Å². The highest BCUT2D eigenvalue weighted by Crippen LogP contribution is 2.22. The van der Waals surface area contributed by atoms with E-state index < -0.39 is 0 Å². The van der Waals surface area contributed by atoms with Gasteiger partial charge in [-0.2, -0.15) is 0 Å². The summed E-state index contributed by atoms with van der Waals surface area (Å²) in [5, 5.41) is 0. The second-order valence-corrected chi connectivity index (χ2v) is 5.62. The van der Waals surface area contributed by atoms with Gasteiger partial charge in [0.25, 0.3) is 0 Å². The minimum Gasteiger partial charge on any atom is -0.465 e. The lowest BCUT2D eigenvalue weighted by molar-refractivity contribution is -0.149. The summed E-state index contributed by atoms with van der Waals surface area (Å²) in [5.74, 6) is 0.252. The number of hydrogen-bond donors (Lipinski definition) is 0. The van der Waals surface area contributed by atoms with Crippen molar-refractivity contribution in [3.63, 3.8) is 0 Å². The number of unbranched alkanes of at least 4 members (excludes halogenated alkanes) is 1. The van der Waals surface area contributed by atoms with E-state index in [0.717, 1.165) is 25.7 Å². The number of carbonyl (C=O) groups is 1. The molecule has 0 amide bonds. The molecule has 2 nitrogen and oxygen atoms in total. The summed E-state index contributed by atoms with van der Waals surface area (Å²) in [6.45, 7) is 2.74. The normalized spacial score (nSPS) is 20.1. The van der Waals surface area contributed by atoms with E-state index in [0.29, 0.717) is 6.61 Å². The third kappa shape index (κ3) is 7.03. The molecule has 0 aromatic rings. The van der Waals surface area contributed by atoms with Crippen molar-refractivity contribution in [3.05, 3.63) is 0 Å². The standard InChI is InChI=1S/C16H30O2/c1-2-3-14-18-16(17)15-12-10-8-6-4-5-7-9-11-13-15/h15H,2-14H2,1H3. The van der Waals surface area contributed by atoms with Gasteiger partial charge in [-0.1, -0.05) is 64.7 Å². The number of ether oxygens (including phenoxy) is 1. The van der Waals surface area contributed by atoms with Crippen LogP contribution in [-0.4, -0.2) is 12.6 Å². The summed E-state index contributed by atoms with van der Waals surface area (Å²) >= 11 is 0. The van der Waals surface area contributed by atoms with Crippen LogP contribution in [0.4, 0.5) is 0 Å². The molecular formula is C16H30O2. The van der Waals surface area contributed by atoms with Crippen molar-refractivity contribution in [1.29, 1.82) is 0 Å². The third-order valence-corrected chi connectivity index (χ3v) is 3.93. The average Bonchev–Trinajstić information content (AvgIpc) is 2.43. The number of rotatable bonds is 4. The topological polar surface area (TPSA) is 26.3 Å². The van der Waals surface area contributed by atoms with Gasteiger partial charge in [-0.3, -0.25) is 4.79 Å². The van der Waals surface area contributed by atoms with Gasteiger partial charge in [-0.15, -0.1) is 0 Å². The van der Waals surface area contributed by atoms with Gasteiger partial charge in [0.05, 0.1) is 12.5 Å². The van der Waals surface area contributed by atoms with Crippen molar-refractivity contribution < 1.29 is 9.53 Å². The highest BCUT2D eigenvalue weighted by molar-refractivity contribution is 5.72. The van der Waals surface area contributed by atoms with Crippen molar-refractivity contribution in [2.75, 3.05) is 6.61 Å². The van der Waals surface area contributed by atoms with Crippen molar-refractivity contribution >= 4 is 5.97 Å². The van der Waals surface area contributed by atoms with Crippen LogP contribution in [0.5, 0.6) is 0 Å². The van der Waals surface area contributed by atoms with E-state index in [-0.39, 0.29) is 11.9 Å². The molecule has 106 valence electrons. The Labute approximate surface area is 112 Å². The molecule has 0 atom stereocenters. The highest BCUT2D eigenvalue weighted by atomic mass is 16.5. The van der Waals surface area contributed by atoms with E-state index >= 15 is 0 Å². The molecule has 1 fully saturated rings. The maximum Gasteiger partial charge on any atom is 0.308 e. The van der Waals surface area contributed by atoms with E-state index in [2.05, 4.69) is 6.92 Å². The Bertz CT molecular complexity index is 201. The quantitative estimate of drug-likeness (QED) is 0.529. The van der Waals surface area contributed by atoms with Crippen molar-refractivity contribution in [3.8, 4) is 0 Å². The summed E-state index contributed by atoms with van der Waals surface area (Å²) < 4.78 is 5.38. The summed E-state index contributed by atoms with van der Waals surface area (Å²) in [6, 6.07) is 0. The average molecular weight is 254 g/mol.